The number of aliphatic hydroxyl groups is 1. The van der Waals surface area contributed by atoms with E-state index in [0.717, 1.165) is 0 Å². The average Bonchev–Trinajstić information content (AvgIpc) is 2.21. The van der Waals surface area contributed by atoms with Crippen LogP contribution in [0, 0.1) is 5.82 Å². The Kier molecular flexibility index (Phi) is 5.36. The fourth-order valence-corrected chi connectivity index (χ4v) is 2.11. The van der Waals surface area contributed by atoms with Crippen LogP contribution in [0.2, 0.25) is 5.02 Å². The Morgan fingerprint density at radius 3 is 2.42 bits per heavy atom. The van der Waals surface area contributed by atoms with Crippen molar-refractivity contribution in [1.29, 1.82) is 0 Å². The van der Waals surface area contributed by atoms with Crippen LogP contribution in [0.3, 0.4) is 0 Å². The summed E-state index contributed by atoms with van der Waals surface area (Å²) in [7, 11) is 0. The van der Waals surface area contributed by atoms with Gasteiger partial charge in [0.05, 0.1) is 5.60 Å². The normalized spacial score (nSPS) is 15.3. The van der Waals surface area contributed by atoms with Crippen molar-refractivity contribution in [3.63, 3.8) is 0 Å². The van der Waals surface area contributed by atoms with Crippen LogP contribution < -0.4 is 5.32 Å². The van der Waals surface area contributed by atoms with Crippen LogP contribution in [0.5, 0.6) is 0 Å². The van der Waals surface area contributed by atoms with Gasteiger partial charge < -0.3 is 10.4 Å². The predicted octanol–water partition coefficient (Wildman–Crippen LogP) is 3.55. The highest BCUT2D eigenvalue weighted by atomic mass is 35.5. The lowest BCUT2D eigenvalue weighted by atomic mass is 9.92. The third-order valence-corrected chi connectivity index (χ3v) is 3.29. The van der Waals surface area contributed by atoms with Gasteiger partial charge in [-0.15, -0.1) is 0 Å². The molecule has 0 amide bonds. The highest BCUT2D eigenvalue weighted by Gasteiger charge is 2.24. The summed E-state index contributed by atoms with van der Waals surface area (Å²) in [4.78, 5) is 0. The van der Waals surface area contributed by atoms with Crippen LogP contribution in [0.15, 0.2) is 18.2 Å². The molecule has 19 heavy (non-hydrogen) atoms. The molecule has 1 aromatic rings. The van der Waals surface area contributed by atoms with E-state index in [0.29, 0.717) is 23.6 Å². The predicted molar refractivity (Wildman–Crippen MR) is 78.1 cm³/mol. The summed E-state index contributed by atoms with van der Waals surface area (Å²) in [5, 5.41) is 14.0. The van der Waals surface area contributed by atoms with Gasteiger partial charge in [-0.2, -0.15) is 0 Å². The molecule has 0 spiro atoms. The first-order valence-corrected chi connectivity index (χ1v) is 6.89. The van der Waals surface area contributed by atoms with Gasteiger partial charge in [-0.25, -0.2) is 4.39 Å². The Hall–Kier alpha value is -0.640. The zero-order valence-corrected chi connectivity index (χ0v) is 12.8. The monoisotopic (exact) mass is 287 g/mol. The fraction of sp³-hybridized carbons (Fsp3) is 0.600. The minimum atomic E-state index is -0.982. The van der Waals surface area contributed by atoms with E-state index in [9.17, 15) is 9.50 Å². The SMILES string of the molecule is CC(O)(CCNC(C)(C)C)Cc1c(F)cccc1Cl. The van der Waals surface area contributed by atoms with Gasteiger partial charge in [-0.05, 0) is 52.8 Å². The third-order valence-electron chi connectivity index (χ3n) is 2.94. The Bertz CT molecular complexity index is 406. The van der Waals surface area contributed by atoms with E-state index in [2.05, 4.69) is 26.1 Å². The van der Waals surface area contributed by atoms with Crippen LogP contribution in [0.25, 0.3) is 0 Å². The molecule has 0 radical (unpaired) electrons. The number of hydrogen-bond acceptors (Lipinski definition) is 2. The number of rotatable bonds is 5. The van der Waals surface area contributed by atoms with Crippen molar-refractivity contribution in [3.05, 3.63) is 34.6 Å². The van der Waals surface area contributed by atoms with E-state index in [1.807, 2.05) is 0 Å². The largest absolute Gasteiger partial charge is 0.390 e. The lowest BCUT2D eigenvalue weighted by Gasteiger charge is -2.27. The number of benzene rings is 1. The van der Waals surface area contributed by atoms with Gasteiger partial charge in [-0.3, -0.25) is 0 Å². The maximum atomic E-state index is 13.7. The molecule has 1 aromatic carbocycles. The molecule has 0 fully saturated rings. The molecule has 0 aliphatic carbocycles. The quantitative estimate of drug-likeness (QED) is 0.868. The maximum absolute atomic E-state index is 13.7. The standard InChI is InChI=1S/C15H23ClFNO/c1-14(2,3)18-9-8-15(4,19)10-11-12(16)6-5-7-13(11)17/h5-7,18-19H,8-10H2,1-4H3. The lowest BCUT2D eigenvalue weighted by Crippen LogP contribution is -2.40. The van der Waals surface area contributed by atoms with Crippen molar-refractivity contribution in [2.24, 2.45) is 0 Å². The third kappa shape index (κ3) is 5.89. The van der Waals surface area contributed by atoms with E-state index in [4.69, 9.17) is 11.6 Å². The summed E-state index contributed by atoms with van der Waals surface area (Å²) < 4.78 is 13.7. The molecule has 0 saturated heterocycles. The van der Waals surface area contributed by atoms with Crippen molar-refractivity contribution in [1.82, 2.24) is 5.32 Å². The number of nitrogens with one attached hydrogen (secondary N) is 1. The molecule has 1 rings (SSSR count). The number of halogens is 2. The molecule has 1 atom stereocenters. The van der Waals surface area contributed by atoms with E-state index < -0.39 is 5.60 Å². The van der Waals surface area contributed by atoms with Gasteiger partial charge in [0.15, 0.2) is 0 Å². The zero-order chi connectivity index (χ0) is 14.7. The Labute approximate surface area is 120 Å². The molecular formula is C15H23ClFNO. The first-order chi connectivity index (χ1) is 8.61. The molecule has 4 heteroatoms. The summed E-state index contributed by atoms with van der Waals surface area (Å²) in [6.07, 6.45) is 0.749. The van der Waals surface area contributed by atoms with Crippen molar-refractivity contribution in [3.8, 4) is 0 Å². The van der Waals surface area contributed by atoms with E-state index in [1.54, 1.807) is 19.1 Å². The van der Waals surface area contributed by atoms with Crippen LogP contribution >= 0.6 is 11.6 Å². The second kappa shape index (κ2) is 6.21. The minimum absolute atomic E-state index is 0.00568. The van der Waals surface area contributed by atoms with E-state index >= 15 is 0 Å². The highest BCUT2D eigenvalue weighted by molar-refractivity contribution is 6.31. The molecule has 0 heterocycles. The molecule has 0 aliphatic heterocycles. The first kappa shape index (κ1) is 16.4. The summed E-state index contributed by atoms with van der Waals surface area (Å²) in [6, 6.07) is 4.57. The average molecular weight is 288 g/mol. The van der Waals surface area contributed by atoms with Crippen LogP contribution in [0.1, 0.15) is 39.7 Å². The molecule has 0 aromatic heterocycles. The molecule has 2 nitrogen and oxygen atoms in total. The van der Waals surface area contributed by atoms with E-state index in [-0.39, 0.29) is 17.8 Å². The lowest BCUT2D eigenvalue weighted by molar-refractivity contribution is 0.0491. The van der Waals surface area contributed by atoms with Crippen LogP contribution in [0.4, 0.5) is 4.39 Å². The molecule has 0 aliphatic rings. The van der Waals surface area contributed by atoms with Gasteiger partial charge in [0.25, 0.3) is 0 Å². The summed E-state index contributed by atoms with van der Waals surface area (Å²) in [6.45, 7) is 8.57. The Morgan fingerprint density at radius 1 is 1.26 bits per heavy atom. The molecule has 0 saturated carbocycles. The molecule has 1 unspecified atom stereocenters. The Morgan fingerprint density at radius 2 is 1.89 bits per heavy atom. The summed E-state index contributed by atoms with van der Waals surface area (Å²) in [5.41, 5.74) is -0.597. The molecule has 0 bridgehead atoms. The van der Waals surface area contributed by atoms with Gasteiger partial charge in [0, 0.05) is 22.5 Å². The second-order valence-corrected chi connectivity index (χ2v) is 6.71. The highest BCUT2D eigenvalue weighted by Crippen LogP contribution is 2.25. The van der Waals surface area contributed by atoms with Crippen LogP contribution in [-0.2, 0) is 6.42 Å². The molecule has 2 N–H and O–H groups in total. The fourth-order valence-electron chi connectivity index (χ4n) is 1.88. The van der Waals surface area contributed by atoms with E-state index in [1.165, 1.54) is 6.07 Å². The minimum Gasteiger partial charge on any atom is -0.390 e. The molecule has 108 valence electrons. The Balaban J connectivity index is 2.64. The smallest absolute Gasteiger partial charge is 0.127 e. The molecular weight excluding hydrogens is 265 g/mol. The van der Waals surface area contributed by atoms with Gasteiger partial charge in [0.1, 0.15) is 5.82 Å². The zero-order valence-electron chi connectivity index (χ0n) is 12.1. The topological polar surface area (TPSA) is 32.3 Å². The first-order valence-electron chi connectivity index (χ1n) is 6.51. The van der Waals surface area contributed by atoms with Gasteiger partial charge >= 0.3 is 0 Å². The summed E-state index contributed by atoms with van der Waals surface area (Å²) in [5.74, 6) is -0.364. The maximum Gasteiger partial charge on any atom is 0.127 e. The van der Waals surface area contributed by atoms with Gasteiger partial charge in [-0.1, -0.05) is 17.7 Å². The van der Waals surface area contributed by atoms with Crippen molar-refractivity contribution in [2.45, 2.75) is 51.7 Å². The summed E-state index contributed by atoms with van der Waals surface area (Å²) >= 11 is 5.98. The number of hydrogen-bond donors (Lipinski definition) is 2. The van der Waals surface area contributed by atoms with Crippen molar-refractivity contribution in [2.75, 3.05) is 6.54 Å². The van der Waals surface area contributed by atoms with Crippen LogP contribution in [-0.4, -0.2) is 22.8 Å². The second-order valence-electron chi connectivity index (χ2n) is 6.30. The van der Waals surface area contributed by atoms with Gasteiger partial charge in [0.2, 0.25) is 0 Å². The van der Waals surface area contributed by atoms with Crippen molar-refractivity contribution < 1.29 is 9.50 Å². The van der Waals surface area contributed by atoms with Crippen molar-refractivity contribution >= 4 is 11.6 Å².